The fraction of sp³-hybridized carbons (Fsp3) is 0.269. The summed E-state index contributed by atoms with van der Waals surface area (Å²) >= 11 is 0. The van der Waals surface area contributed by atoms with E-state index in [4.69, 9.17) is 0 Å². The van der Waals surface area contributed by atoms with Gasteiger partial charge in [-0.25, -0.2) is 4.39 Å². The van der Waals surface area contributed by atoms with Crippen LogP contribution in [0.15, 0.2) is 42.5 Å². The normalized spacial score (nSPS) is 15.1. The SMILES string of the molecule is Cc1ccc(-c2c(C)c3c(c(C)c2CC=O)N(C)[C@H](C)c2cccc(F)c2-3)cc1. The molecule has 3 heteroatoms. The van der Waals surface area contributed by atoms with E-state index in [0.29, 0.717) is 12.0 Å². The Bertz CT molecular complexity index is 1110. The predicted octanol–water partition coefficient (Wildman–Crippen LogP) is 6.34. The van der Waals surface area contributed by atoms with Crippen LogP contribution in [-0.2, 0) is 11.2 Å². The van der Waals surface area contributed by atoms with E-state index >= 15 is 4.39 Å². The number of aldehydes is 1. The van der Waals surface area contributed by atoms with Gasteiger partial charge in [-0.3, -0.25) is 0 Å². The fourth-order valence-electron chi connectivity index (χ4n) is 4.80. The number of benzene rings is 3. The lowest BCUT2D eigenvalue weighted by molar-refractivity contribution is -0.107. The number of aryl methyl sites for hydroxylation is 1. The van der Waals surface area contributed by atoms with Crippen molar-refractivity contribution in [3.8, 4) is 22.3 Å². The van der Waals surface area contributed by atoms with Crippen LogP contribution in [0.2, 0.25) is 0 Å². The highest BCUT2D eigenvalue weighted by atomic mass is 19.1. The van der Waals surface area contributed by atoms with Crippen molar-refractivity contribution in [2.24, 2.45) is 0 Å². The zero-order chi connectivity index (χ0) is 20.9. The lowest BCUT2D eigenvalue weighted by Crippen LogP contribution is -2.28. The molecule has 0 amide bonds. The molecular formula is C26H26FNO. The van der Waals surface area contributed by atoms with Crippen molar-refractivity contribution < 1.29 is 9.18 Å². The van der Waals surface area contributed by atoms with Gasteiger partial charge in [0.15, 0.2) is 0 Å². The van der Waals surface area contributed by atoms with E-state index < -0.39 is 0 Å². The third-order valence-electron chi connectivity index (χ3n) is 6.40. The number of nitrogens with zero attached hydrogens (tertiary/aromatic N) is 1. The largest absolute Gasteiger partial charge is 0.367 e. The Labute approximate surface area is 172 Å². The first-order chi connectivity index (χ1) is 13.9. The maximum absolute atomic E-state index is 15.1. The second-order valence-corrected chi connectivity index (χ2v) is 8.05. The minimum absolute atomic E-state index is 0.0561. The van der Waals surface area contributed by atoms with Gasteiger partial charge in [-0.2, -0.15) is 0 Å². The van der Waals surface area contributed by atoms with Crippen molar-refractivity contribution in [1.29, 1.82) is 0 Å². The highest BCUT2D eigenvalue weighted by Gasteiger charge is 2.33. The van der Waals surface area contributed by atoms with Gasteiger partial charge in [0.05, 0.1) is 6.04 Å². The van der Waals surface area contributed by atoms with Crippen molar-refractivity contribution in [2.75, 3.05) is 11.9 Å². The monoisotopic (exact) mass is 387 g/mol. The van der Waals surface area contributed by atoms with Crippen LogP contribution in [0, 0.1) is 26.6 Å². The summed E-state index contributed by atoms with van der Waals surface area (Å²) in [5.74, 6) is -0.191. The Kier molecular flexibility index (Phi) is 4.77. The van der Waals surface area contributed by atoms with Gasteiger partial charge < -0.3 is 9.69 Å². The number of rotatable bonds is 3. The Morgan fingerprint density at radius 3 is 2.31 bits per heavy atom. The molecule has 0 bridgehead atoms. The summed E-state index contributed by atoms with van der Waals surface area (Å²) in [6.45, 7) is 8.28. The average Bonchev–Trinajstić information content (AvgIpc) is 2.70. The van der Waals surface area contributed by atoms with Gasteiger partial charge in [0, 0.05) is 30.3 Å². The molecule has 0 radical (unpaired) electrons. The molecule has 0 aromatic heterocycles. The Morgan fingerprint density at radius 2 is 1.66 bits per heavy atom. The van der Waals surface area contributed by atoms with Gasteiger partial charge in [0.2, 0.25) is 0 Å². The average molecular weight is 387 g/mol. The molecule has 0 N–H and O–H groups in total. The quantitative estimate of drug-likeness (QED) is 0.489. The molecule has 1 heterocycles. The van der Waals surface area contributed by atoms with Crippen molar-refractivity contribution >= 4 is 12.0 Å². The second kappa shape index (κ2) is 7.14. The first-order valence-electron chi connectivity index (χ1n) is 10.0. The van der Waals surface area contributed by atoms with Crippen LogP contribution in [0.1, 0.15) is 40.8 Å². The van der Waals surface area contributed by atoms with E-state index in [0.717, 1.165) is 50.9 Å². The number of halogens is 1. The van der Waals surface area contributed by atoms with Crippen LogP contribution in [0.25, 0.3) is 22.3 Å². The summed E-state index contributed by atoms with van der Waals surface area (Å²) in [4.78, 5) is 13.8. The molecule has 148 valence electrons. The molecule has 1 aliphatic heterocycles. The van der Waals surface area contributed by atoms with Crippen LogP contribution in [0.4, 0.5) is 10.1 Å². The summed E-state index contributed by atoms with van der Waals surface area (Å²) in [5, 5.41) is 0. The van der Waals surface area contributed by atoms with Crippen molar-refractivity contribution in [3.05, 3.63) is 76.1 Å². The van der Waals surface area contributed by atoms with Crippen LogP contribution >= 0.6 is 0 Å². The minimum Gasteiger partial charge on any atom is -0.367 e. The van der Waals surface area contributed by atoms with Gasteiger partial charge >= 0.3 is 0 Å². The van der Waals surface area contributed by atoms with Crippen LogP contribution in [0.5, 0.6) is 0 Å². The lowest BCUT2D eigenvalue weighted by atomic mass is 9.79. The van der Waals surface area contributed by atoms with Crippen molar-refractivity contribution in [1.82, 2.24) is 0 Å². The molecule has 0 unspecified atom stereocenters. The van der Waals surface area contributed by atoms with Gasteiger partial charge in [0.25, 0.3) is 0 Å². The minimum atomic E-state index is -0.191. The number of hydrogen-bond acceptors (Lipinski definition) is 2. The standard InChI is InChI=1S/C26H26FNO/c1-15-9-11-19(12-10-15)23-17(3)24-25-21(7-6-8-22(25)27)18(4)28(5)26(24)16(2)20(23)13-14-29/h6-12,14,18H,13H2,1-5H3/t18-/m1/s1. The molecule has 0 fully saturated rings. The highest BCUT2D eigenvalue weighted by molar-refractivity contribution is 5.95. The predicted molar refractivity (Wildman–Crippen MR) is 118 cm³/mol. The summed E-state index contributed by atoms with van der Waals surface area (Å²) < 4.78 is 15.1. The van der Waals surface area contributed by atoms with E-state index in [1.165, 1.54) is 5.56 Å². The third kappa shape index (κ3) is 2.88. The third-order valence-corrected chi connectivity index (χ3v) is 6.40. The smallest absolute Gasteiger partial charge is 0.131 e. The van der Waals surface area contributed by atoms with E-state index in [1.54, 1.807) is 12.1 Å². The van der Waals surface area contributed by atoms with Gasteiger partial charge in [-0.1, -0.05) is 42.0 Å². The summed E-state index contributed by atoms with van der Waals surface area (Å²) in [6, 6.07) is 13.7. The van der Waals surface area contributed by atoms with E-state index in [9.17, 15) is 4.79 Å². The molecule has 3 aromatic rings. The Morgan fingerprint density at radius 1 is 0.966 bits per heavy atom. The molecule has 0 aliphatic carbocycles. The zero-order valence-corrected chi connectivity index (χ0v) is 17.6. The molecule has 0 saturated carbocycles. The topological polar surface area (TPSA) is 20.3 Å². The zero-order valence-electron chi connectivity index (χ0n) is 17.6. The molecule has 29 heavy (non-hydrogen) atoms. The van der Waals surface area contributed by atoms with Crippen molar-refractivity contribution in [2.45, 2.75) is 40.2 Å². The fourth-order valence-corrected chi connectivity index (χ4v) is 4.80. The first-order valence-corrected chi connectivity index (χ1v) is 10.0. The number of carbonyl (C=O) groups excluding carboxylic acids is 1. The van der Waals surface area contributed by atoms with Crippen LogP contribution in [-0.4, -0.2) is 13.3 Å². The number of fused-ring (bicyclic) bond motifs is 3. The second-order valence-electron chi connectivity index (χ2n) is 8.05. The van der Waals surface area contributed by atoms with Gasteiger partial charge in [0.1, 0.15) is 12.1 Å². The van der Waals surface area contributed by atoms with Gasteiger partial charge in [-0.05, 0) is 67.1 Å². The summed E-state index contributed by atoms with van der Waals surface area (Å²) in [6.07, 6.45) is 1.31. The summed E-state index contributed by atoms with van der Waals surface area (Å²) in [5.41, 5.74) is 10.1. The molecule has 0 saturated heterocycles. The van der Waals surface area contributed by atoms with Crippen molar-refractivity contribution in [3.63, 3.8) is 0 Å². The van der Waals surface area contributed by atoms with Crippen LogP contribution < -0.4 is 4.90 Å². The van der Waals surface area contributed by atoms with E-state index in [1.807, 2.05) is 6.07 Å². The molecule has 1 aliphatic rings. The number of anilines is 1. The highest BCUT2D eigenvalue weighted by Crippen LogP contribution is 2.51. The van der Waals surface area contributed by atoms with Crippen LogP contribution in [0.3, 0.4) is 0 Å². The lowest BCUT2D eigenvalue weighted by Gasteiger charge is -2.39. The molecule has 3 aromatic carbocycles. The molecule has 2 nitrogen and oxygen atoms in total. The Balaban J connectivity index is 2.15. The number of hydrogen-bond donors (Lipinski definition) is 0. The van der Waals surface area contributed by atoms with Gasteiger partial charge in [-0.15, -0.1) is 0 Å². The molecule has 1 atom stereocenters. The molecule has 0 spiro atoms. The maximum Gasteiger partial charge on any atom is 0.131 e. The summed E-state index contributed by atoms with van der Waals surface area (Å²) in [7, 11) is 2.06. The molecular weight excluding hydrogens is 361 g/mol. The van der Waals surface area contributed by atoms with E-state index in [-0.39, 0.29) is 11.9 Å². The van der Waals surface area contributed by atoms with E-state index in [2.05, 4.69) is 63.9 Å². The number of carbonyl (C=O) groups is 1. The maximum atomic E-state index is 15.1. The first kappa shape index (κ1) is 19.4. The Hall–Kier alpha value is -2.94. The molecule has 4 rings (SSSR count).